The predicted octanol–water partition coefficient (Wildman–Crippen LogP) is 5.32. The highest BCUT2D eigenvalue weighted by Crippen LogP contribution is 2.32. The molecule has 0 aliphatic carbocycles. The lowest BCUT2D eigenvalue weighted by atomic mass is 10.2. The van der Waals surface area contributed by atoms with Crippen LogP contribution in [-0.2, 0) is 12.3 Å². The van der Waals surface area contributed by atoms with Crippen LogP contribution in [0.15, 0.2) is 58.8 Å². The molecule has 0 amide bonds. The smallest absolute Gasteiger partial charge is 0.200 e. The molecule has 3 aromatic rings. The van der Waals surface area contributed by atoms with Gasteiger partial charge in [0.1, 0.15) is 0 Å². The molecule has 7 heteroatoms. The van der Waals surface area contributed by atoms with Crippen LogP contribution in [0.3, 0.4) is 0 Å². The molecule has 0 spiro atoms. The first-order chi connectivity index (χ1) is 11.2. The van der Waals surface area contributed by atoms with Crippen molar-refractivity contribution in [2.75, 3.05) is 0 Å². The van der Waals surface area contributed by atoms with E-state index in [1.807, 2.05) is 34.9 Å². The van der Waals surface area contributed by atoms with E-state index in [4.69, 9.17) is 27.6 Å². The molecule has 2 heterocycles. The van der Waals surface area contributed by atoms with Crippen LogP contribution in [0.1, 0.15) is 5.56 Å². The van der Waals surface area contributed by atoms with Crippen LogP contribution in [0.25, 0.3) is 11.6 Å². The van der Waals surface area contributed by atoms with Crippen molar-refractivity contribution in [1.29, 1.82) is 0 Å². The summed E-state index contributed by atoms with van der Waals surface area (Å²) < 4.78 is 7.36. The van der Waals surface area contributed by atoms with Crippen LogP contribution in [-0.4, -0.2) is 14.8 Å². The summed E-state index contributed by atoms with van der Waals surface area (Å²) in [6, 6.07) is 9.15. The summed E-state index contributed by atoms with van der Waals surface area (Å²) in [4.78, 5) is 0. The standard InChI is InChI=1S/C16H13Cl2N3OS/c1-2-8-21-15(14-7-4-9-22-14)19-20-16(21)23-10-11-12(17)5-3-6-13(11)18/h2-7,9H,1,8,10H2. The number of hydrogen-bond donors (Lipinski definition) is 0. The van der Waals surface area contributed by atoms with Crippen molar-refractivity contribution in [3.05, 3.63) is 64.9 Å². The second-order valence-corrected chi connectivity index (χ2v) is 6.43. The Morgan fingerprint density at radius 2 is 1.96 bits per heavy atom. The maximum Gasteiger partial charge on any atom is 0.200 e. The average Bonchev–Trinajstić information content (AvgIpc) is 3.17. The van der Waals surface area contributed by atoms with E-state index in [0.29, 0.717) is 33.9 Å². The fourth-order valence-corrected chi connectivity index (χ4v) is 3.77. The van der Waals surface area contributed by atoms with Gasteiger partial charge in [-0.05, 0) is 29.8 Å². The first-order valence-electron chi connectivity index (χ1n) is 6.84. The molecule has 0 N–H and O–H groups in total. The molecule has 4 nitrogen and oxygen atoms in total. The highest BCUT2D eigenvalue weighted by atomic mass is 35.5. The highest BCUT2D eigenvalue weighted by molar-refractivity contribution is 7.98. The lowest BCUT2D eigenvalue weighted by Crippen LogP contribution is -2.00. The number of rotatable bonds is 6. The topological polar surface area (TPSA) is 43.9 Å². The van der Waals surface area contributed by atoms with Crippen molar-refractivity contribution >= 4 is 35.0 Å². The summed E-state index contributed by atoms with van der Waals surface area (Å²) >= 11 is 13.9. The van der Waals surface area contributed by atoms with Gasteiger partial charge in [-0.2, -0.15) is 0 Å². The van der Waals surface area contributed by atoms with Crippen LogP contribution in [0.2, 0.25) is 10.0 Å². The van der Waals surface area contributed by atoms with Crippen LogP contribution in [0.5, 0.6) is 0 Å². The molecule has 2 aromatic heterocycles. The second-order valence-electron chi connectivity index (χ2n) is 4.67. The third-order valence-corrected chi connectivity index (χ3v) is 4.88. The van der Waals surface area contributed by atoms with Crippen molar-refractivity contribution in [3.8, 4) is 11.6 Å². The Hall–Kier alpha value is -1.69. The molecule has 0 radical (unpaired) electrons. The Balaban J connectivity index is 1.87. The fraction of sp³-hybridized carbons (Fsp3) is 0.125. The van der Waals surface area contributed by atoms with Crippen molar-refractivity contribution in [1.82, 2.24) is 14.8 Å². The van der Waals surface area contributed by atoms with Crippen LogP contribution >= 0.6 is 35.0 Å². The lowest BCUT2D eigenvalue weighted by molar-refractivity contribution is 0.569. The fourth-order valence-electron chi connectivity index (χ4n) is 2.08. The Morgan fingerprint density at radius 3 is 2.61 bits per heavy atom. The number of furan rings is 1. The number of allylic oxidation sites excluding steroid dienone is 1. The van der Waals surface area contributed by atoms with Gasteiger partial charge in [0, 0.05) is 22.3 Å². The lowest BCUT2D eigenvalue weighted by Gasteiger charge is -2.08. The second kappa shape index (κ2) is 7.25. The SMILES string of the molecule is C=CCn1c(SCc2c(Cl)cccc2Cl)nnc1-c1ccco1. The van der Waals surface area contributed by atoms with Gasteiger partial charge in [-0.3, -0.25) is 4.57 Å². The summed E-state index contributed by atoms with van der Waals surface area (Å²) in [6.07, 6.45) is 3.40. The molecule has 0 aliphatic rings. The van der Waals surface area contributed by atoms with Crippen LogP contribution < -0.4 is 0 Å². The minimum Gasteiger partial charge on any atom is -0.461 e. The summed E-state index contributed by atoms with van der Waals surface area (Å²) in [6.45, 7) is 4.37. The number of thioether (sulfide) groups is 1. The van der Waals surface area contributed by atoms with Gasteiger partial charge in [-0.1, -0.05) is 47.1 Å². The zero-order valence-corrected chi connectivity index (χ0v) is 14.4. The summed E-state index contributed by atoms with van der Waals surface area (Å²) in [5.41, 5.74) is 0.883. The Bertz CT molecular complexity index is 795. The molecular weight excluding hydrogens is 353 g/mol. The first-order valence-corrected chi connectivity index (χ1v) is 8.58. The average molecular weight is 366 g/mol. The minimum atomic E-state index is 0.585. The summed E-state index contributed by atoms with van der Waals surface area (Å²) in [5, 5.41) is 10.5. The quantitative estimate of drug-likeness (QED) is 0.437. The van der Waals surface area contributed by atoms with Gasteiger partial charge < -0.3 is 4.42 Å². The highest BCUT2D eigenvalue weighted by Gasteiger charge is 2.16. The molecule has 0 saturated carbocycles. The van der Waals surface area contributed by atoms with Crippen LogP contribution in [0.4, 0.5) is 0 Å². The molecule has 3 rings (SSSR count). The maximum atomic E-state index is 6.21. The number of hydrogen-bond acceptors (Lipinski definition) is 4. The van der Waals surface area contributed by atoms with E-state index in [1.54, 1.807) is 12.3 Å². The van der Waals surface area contributed by atoms with E-state index in [9.17, 15) is 0 Å². The third kappa shape index (κ3) is 3.47. The molecular formula is C16H13Cl2N3OS. The van der Waals surface area contributed by atoms with E-state index in [0.717, 1.165) is 10.7 Å². The molecule has 23 heavy (non-hydrogen) atoms. The molecule has 0 unspecified atom stereocenters. The van der Waals surface area contributed by atoms with Gasteiger partial charge in [-0.25, -0.2) is 0 Å². The molecule has 0 fully saturated rings. The van der Waals surface area contributed by atoms with Gasteiger partial charge >= 0.3 is 0 Å². The molecule has 0 atom stereocenters. The third-order valence-electron chi connectivity index (χ3n) is 3.18. The van der Waals surface area contributed by atoms with Gasteiger partial charge in [0.15, 0.2) is 10.9 Å². The van der Waals surface area contributed by atoms with E-state index in [1.165, 1.54) is 11.8 Å². The number of benzene rings is 1. The van der Waals surface area contributed by atoms with Gasteiger partial charge in [0.05, 0.1) is 6.26 Å². The molecule has 0 bridgehead atoms. The number of halogens is 2. The summed E-state index contributed by atoms with van der Waals surface area (Å²) in [7, 11) is 0. The minimum absolute atomic E-state index is 0.585. The predicted molar refractivity (Wildman–Crippen MR) is 93.9 cm³/mol. The molecule has 118 valence electrons. The maximum absolute atomic E-state index is 6.21. The van der Waals surface area contributed by atoms with Gasteiger partial charge in [-0.15, -0.1) is 16.8 Å². The van der Waals surface area contributed by atoms with Gasteiger partial charge in [0.25, 0.3) is 0 Å². The zero-order chi connectivity index (χ0) is 16.2. The number of aromatic nitrogens is 3. The van der Waals surface area contributed by atoms with E-state index in [-0.39, 0.29) is 0 Å². The largest absolute Gasteiger partial charge is 0.461 e. The van der Waals surface area contributed by atoms with Crippen molar-refractivity contribution in [3.63, 3.8) is 0 Å². The Labute approximate surface area is 148 Å². The monoisotopic (exact) mass is 365 g/mol. The zero-order valence-electron chi connectivity index (χ0n) is 12.1. The first kappa shape index (κ1) is 16.2. The Morgan fingerprint density at radius 1 is 1.17 bits per heavy atom. The van der Waals surface area contributed by atoms with Crippen molar-refractivity contribution < 1.29 is 4.42 Å². The van der Waals surface area contributed by atoms with Gasteiger partial charge in [0.2, 0.25) is 5.82 Å². The normalized spacial score (nSPS) is 10.9. The van der Waals surface area contributed by atoms with E-state index < -0.39 is 0 Å². The summed E-state index contributed by atoms with van der Waals surface area (Å²) in [5.74, 6) is 1.94. The molecule has 1 aromatic carbocycles. The van der Waals surface area contributed by atoms with E-state index in [2.05, 4.69) is 16.8 Å². The van der Waals surface area contributed by atoms with E-state index >= 15 is 0 Å². The van der Waals surface area contributed by atoms with Crippen molar-refractivity contribution in [2.24, 2.45) is 0 Å². The Kier molecular flexibility index (Phi) is 5.10. The number of nitrogens with zero attached hydrogens (tertiary/aromatic N) is 3. The van der Waals surface area contributed by atoms with Crippen molar-refractivity contribution in [2.45, 2.75) is 17.5 Å². The van der Waals surface area contributed by atoms with Crippen LogP contribution in [0, 0.1) is 0 Å². The molecule has 0 aliphatic heterocycles. The molecule has 0 saturated heterocycles.